The van der Waals surface area contributed by atoms with Crippen LogP contribution >= 0.6 is 0 Å². The van der Waals surface area contributed by atoms with Gasteiger partial charge in [0.05, 0.1) is 26.4 Å². The monoisotopic (exact) mass is 617 g/mol. The number of nitrogens with zero attached hydrogens (tertiary/aromatic N) is 7. The zero-order valence-electron chi connectivity index (χ0n) is 26.1. The fraction of sp³-hybridized carbons (Fsp3) is 0.500. The fourth-order valence-electron chi connectivity index (χ4n) is 6.04. The van der Waals surface area contributed by atoms with Crippen LogP contribution in [0.2, 0.25) is 0 Å². The molecule has 4 aliphatic rings. The van der Waals surface area contributed by atoms with Crippen LogP contribution in [0, 0.1) is 0 Å². The second-order valence-electron chi connectivity index (χ2n) is 11.9. The van der Waals surface area contributed by atoms with Gasteiger partial charge in [0.15, 0.2) is 6.17 Å². The summed E-state index contributed by atoms with van der Waals surface area (Å²) in [6.45, 7) is 7.17. The van der Waals surface area contributed by atoms with Crippen molar-refractivity contribution in [3.05, 3.63) is 59.7 Å². The number of anilines is 2. The summed E-state index contributed by atoms with van der Waals surface area (Å²) in [5, 5.41) is 10.0. The maximum atomic E-state index is 13.0. The highest BCUT2D eigenvalue weighted by Gasteiger charge is 2.30. The molecule has 0 aromatic heterocycles. The Hall–Kier alpha value is -4.04. The Morgan fingerprint density at radius 1 is 0.800 bits per heavy atom. The fourth-order valence-corrected chi connectivity index (χ4v) is 6.04. The van der Waals surface area contributed by atoms with Crippen molar-refractivity contribution in [1.82, 2.24) is 24.7 Å². The maximum Gasteiger partial charge on any atom is 0.323 e. The molecule has 3 amide bonds. The van der Waals surface area contributed by atoms with Crippen LogP contribution in [0.4, 0.5) is 16.2 Å². The number of hydrazine groups is 1. The van der Waals surface area contributed by atoms with E-state index in [0.717, 1.165) is 57.7 Å². The summed E-state index contributed by atoms with van der Waals surface area (Å²) in [6, 6.07) is 14.9. The molecule has 4 heterocycles. The molecule has 3 saturated heterocycles. The van der Waals surface area contributed by atoms with Crippen molar-refractivity contribution in [3.8, 4) is 0 Å². The van der Waals surface area contributed by atoms with Crippen molar-refractivity contribution in [2.24, 2.45) is 9.98 Å². The molecule has 45 heavy (non-hydrogen) atoms. The van der Waals surface area contributed by atoms with Crippen LogP contribution in [0.25, 0.3) is 0 Å². The number of hydrogen-bond donors (Lipinski definition) is 2. The molecule has 13 heteroatoms. The average Bonchev–Trinajstić information content (AvgIpc) is 3.09. The standard InChI is InChI=1S/C32H43N9O4/c1-37(2)28-11-13-38(14-12-28)30(42)25-5-9-27(10-6-25)35-32(43)34-26-7-3-24(4-8-26)29-36-31(39-15-19-44-20-16-39)33-23-41(29)40-17-21-45-22-18-40/h3-10,23,28-29H,11-22H2,1-2H3,(H2,34,35,43). The number of carbonyl (C=O) groups excluding carboxylic acids is 2. The van der Waals surface area contributed by atoms with Crippen LogP contribution < -0.4 is 10.6 Å². The molecular weight excluding hydrogens is 574 g/mol. The second-order valence-corrected chi connectivity index (χ2v) is 11.9. The highest BCUT2D eigenvalue weighted by atomic mass is 16.5. The molecule has 240 valence electrons. The molecule has 1 atom stereocenters. The van der Waals surface area contributed by atoms with E-state index in [2.05, 4.69) is 49.5 Å². The lowest BCUT2D eigenvalue weighted by Crippen LogP contribution is -2.51. The number of carbonyl (C=O) groups is 2. The molecule has 4 aliphatic heterocycles. The Morgan fingerprint density at radius 3 is 1.98 bits per heavy atom. The predicted octanol–water partition coefficient (Wildman–Crippen LogP) is 2.77. The number of aliphatic imine (C=N–C) groups is 2. The summed E-state index contributed by atoms with van der Waals surface area (Å²) in [5.74, 6) is 0.733. The minimum absolute atomic E-state index is 0.0288. The number of likely N-dealkylation sites (tertiary alicyclic amines) is 1. The van der Waals surface area contributed by atoms with E-state index >= 15 is 0 Å². The van der Waals surface area contributed by atoms with E-state index in [0.29, 0.717) is 55.4 Å². The van der Waals surface area contributed by atoms with Gasteiger partial charge in [0.1, 0.15) is 6.34 Å². The number of guanidine groups is 1. The van der Waals surface area contributed by atoms with Gasteiger partial charge in [-0.2, -0.15) is 0 Å². The first-order valence-corrected chi connectivity index (χ1v) is 15.7. The van der Waals surface area contributed by atoms with Gasteiger partial charge in [-0.25, -0.2) is 19.8 Å². The molecule has 1 unspecified atom stereocenters. The molecule has 2 aromatic carbocycles. The Morgan fingerprint density at radius 2 is 1.38 bits per heavy atom. The number of amides is 3. The summed E-state index contributed by atoms with van der Waals surface area (Å²) >= 11 is 0. The normalized spacial score (nSPS) is 21.5. The number of urea groups is 1. The lowest BCUT2D eigenvalue weighted by Gasteiger charge is -2.41. The number of morpholine rings is 2. The quantitative estimate of drug-likeness (QED) is 0.509. The third kappa shape index (κ3) is 7.61. The summed E-state index contributed by atoms with van der Waals surface area (Å²) in [6.07, 6.45) is 3.52. The third-order valence-corrected chi connectivity index (χ3v) is 8.73. The molecule has 0 spiro atoms. The Bertz CT molecular complexity index is 1360. The van der Waals surface area contributed by atoms with Gasteiger partial charge < -0.3 is 34.8 Å². The first kappa shape index (κ1) is 31.0. The molecule has 2 aromatic rings. The van der Waals surface area contributed by atoms with E-state index in [1.54, 1.807) is 24.3 Å². The van der Waals surface area contributed by atoms with E-state index in [9.17, 15) is 9.59 Å². The van der Waals surface area contributed by atoms with E-state index in [-0.39, 0.29) is 18.1 Å². The van der Waals surface area contributed by atoms with Crippen LogP contribution in [0.3, 0.4) is 0 Å². The van der Waals surface area contributed by atoms with Crippen molar-refractivity contribution >= 4 is 35.6 Å². The summed E-state index contributed by atoms with van der Waals surface area (Å²) in [4.78, 5) is 41.8. The Balaban J connectivity index is 1.06. The van der Waals surface area contributed by atoms with Crippen LogP contribution in [0.15, 0.2) is 58.5 Å². The smallest absolute Gasteiger partial charge is 0.323 e. The molecular formula is C32H43N9O4. The van der Waals surface area contributed by atoms with Gasteiger partial charge >= 0.3 is 6.03 Å². The molecule has 0 radical (unpaired) electrons. The predicted molar refractivity (Wildman–Crippen MR) is 173 cm³/mol. The van der Waals surface area contributed by atoms with Gasteiger partial charge in [0.2, 0.25) is 5.96 Å². The van der Waals surface area contributed by atoms with Crippen molar-refractivity contribution in [2.75, 3.05) is 90.4 Å². The van der Waals surface area contributed by atoms with Crippen molar-refractivity contribution in [1.29, 1.82) is 0 Å². The zero-order chi connectivity index (χ0) is 31.2. The van der Waals surface area contributed by atoms with Gasteiger partial charge in [-0.05, 0) is 68.9 Å². The van der Waals surface area contributed by atoms with Gasteiger partial charge in [0, 0.05) is 62.2 Å². The minimum atomic E-state index is -0.361. The Labute approximate surface area is 264 Å². The molecule has 13 nitrogen and oxygen atoms in total. The number of piperidine rings is 1. The topological polar surface area (TPSA) is 118 Å². The first-order chi connectivity index (χ1) is 21.9. The first-order valence-electron chi connectivity index (χ1n) is 15.7. The number of rotatable bonds is 6. The maximum absolute atomic E-state index is 13.0. The number of benzene rings is 2. The average molecular weight is 618 g/mol. The molecule has 6 rings (SSSR count). The van der Waals surface area contributed by atoms with Crippen molar-refractivity contribution in [3.63, 3.8) is 0 Å². The van der Waals surface area contributed by atoms with Crippen LogP contribution in [0.5, 0.6) is 0 Å². The number of hydrogen-bond acceptors (Lipinski definition) is 10. The molecule has 0 saturated carbocycles. The lowest BCUT2D eigenvalue weighted by atomic mass is 10.0. The second kappa shape index (κ2) is 14.4. The van der Waals surface area contributed by atoms with Gasteiger partial charge in [0.25, 0.3) is 5.91 Å². The summed E-state index contributed by atoms with van der Waals surface area (Å²) in [5.41, 5.74) is 2.87. The number of nitrogens with one attached hydrogen (secondary N) is 2. The van der Waals surface area contributed by atoms with Gasteiger partial charge in [-0.1, -0.05) is 12.1 Å². The van der Waals surface area contributed by atoms with Crippen LogP contribution in [-0.4, -0.2) is 135 Å². The van der Waals surface area contributed by atoms with E-state index in [4.69, 9.17) is 14.5 Å². The summed E-state index contributed by atoms with van der Waals surface area (Å²) in [7, 11) is 4.17. The minimum Gasteiger partial charge on any atom is -0.379 e. The highest BCUT2D eigenvalue weighted by molar-refractivity contribution is 6.00. The number of ether oxygens (including phenoxy) is 2. The van der Waals surface area contributed by atoms with E-state index in [1.807, 2.05) is 35.5 Å². The van der Waals surface area contributed by atoms with E-state index in [1.165, 1.54) is 0 Å². The highest BCUT2D eigenvalue weighted by Crippen LogP contribution is 2.28. The SMILES string of the molecule is CN(C)C1CCN(C(=O)c2ccc(NC(=O)Nc3ccc(C4N=C(N5CCOCC5)N=CN4N4CCOCC4)cc3)cc2)CC1. The van der Waals surface area contributed by atoms with E-state index < -0.39 is 0 Å². The van der Waals surface area contributed by atoms with Crippen LogP contribution in [0.1, 0.15) is 34.9 Å². The largest absolute Gasteiger partial charge is 0.379 e. The summed E-state index contributed by atoms with van der Waals surface area (Å²) < 4.78 is 11.1. The van der Waals surface area contributed by atoms with Crippen LogP contribution in [-0.2, 0) is 9.47 Å². The third-order valence-electron chi connectivity index (χ3n) is 8.73. The molecule has 3 fully saturated rings. The van der Waals surface area contributed by atoms with Gasteiger partial charge in [-0.15, -0.1) is 0 Å². The zero-order valence-corrected chi connectivity index (χ0v) is 26.1. The molecule has 0 aliphatic carbocycles. The Kier molecular flexibility index (Phi) is 9.89. The molecule has 2 N–H and O–H groups in total. The van der Waals surface area contributed by atoms with Crippen molar-refractivity contribution < 1.29 is 19.1 Å². The van der Waals surface area contributed by atoms with Gasteiger partial charge in [-0.3, -0.25) is 9.80 Å². The lowest BCUT2D eigenvalue weighted by molar-refractivity contribution is -0.0665. The van der Waals surface area contributed by atoms with Crippen molar-refractivity contribution in [2.45, 2.75) is 25.0 Å². The molecule has 0 bridgehead atoms.